The third-order valence-electron chi connectivity index (χ3n) is 2.94. The fraction of sp³-hybridized carbons (Fsp3) is 0.308. The highest BCUT2D eigenvalue weighted by Gasteiger charge is 2.17. The summed E-state index contributed by atoms with van der Waals surface area (Å²) in [6, 6.07) is 2.23. The van der Waals surface area contributed by atoms with Crippen LogP contribution in [-0.2, 0) is 0 Å². The Morgan fingerprint density at radius 3 is 2.41 bits per heavy atom. The third-order valence-corrected chi connectivity index (χ3v) is 3.81. The Labute approximate surface area is 110 Å². The molecule has 2 aromatic rings. The maximum Gasteiger partial charge on any atom is 0.178 e. The van der Waals surface area contributed by atoms with Crippen LogP contribution in [0.15, 0.2) is 18.5 Å². The van der Waals surface area contributed by atoms with E-state index in [1.807, 2.05) is 18.5 Å². The summed E-state index contributed by atoms with van der Waals surface area (Å²) < 4.78 is 2.06. The molecule has 1 aromatic carbocycles. The molecular formula is C13H14Cl2NO+. The van der Waals surface area contributed by atoms with Gasteiger partial charge in [-0.3, -0.25) is 0 Å². The van der Waals surface area contributed by atoms with Crippen molar-refractivity contribution in [2.45, 2.75) is 26.8 Å². The molecule has 0 radical (unpaired) electrons. The first kappa shape index (κ1) is 12.5. The van der Waals surface area contributed by atoms with Crippen LogP contribution in [0.25, 0.3) is 10.8 Å². The van der Waals surface area contributed by atoms with E-state index in [1.54, 1.807) is 6.92 Å². The summed E-state index contributed by atoms with van der Waals surface area (Å²) in [5.41, 5.74) is 0.616. The molecule has 0 atom stereocenters. The lowest BCUT2D eigenvalue weighted by molar-refractivity contribution is -0.715. The molecule has 0 fully saturated rings. The van der Waals surface area contributed by atoms with E-state index >= 15 is 0 Å². The Kier molecular flexibility index (Phi) is 3.19. The van der Waals surface area contributed by atoms with Gasteiger partial charge in [0.05, 0.1) is 15.4 Å². The molecule has 0 saturated heterocycles. The van der Waals surface area contributed by atoms with Gasteiger partial charge >= 0.3 is 0 Å². The van der Waals surface area contributed by atoms with Crippen molar-refractivity contribution in [3.05, 3.63) is 34.1 Å². The van der Waals surface area contributed by atoms with E-state index in [-0.39, 0.29) is 5.75 Å². The number of nitrogens with zero attached hydrogens (tertiary/aromatic N) is 1. The Bertz CT molecular complexity index is 594. The maximum atomic E-state index is 9.84. The summed E-state index contributed by atoms with van der Waals surface area (Å²) >= 11 is 12.4. The fourth-order valence-electron chi connectivity index (χ4n) is 1.80. The third kappa shape index (κ3) is 1.96. The van der Waals surface area contributed by atoms with Gasteiger partial charge in [0.2, 0.25) is 0 Å². The molecule has 0 aliphatic carbocycles. The van der Waals surface area contributed by atoms with Gasteiger partial charge in [0.25, 0.3) is 0 Å². The van der Waals surface area contributed by atoms with Crippen molar-refractivity contribution in [1.82, 2.24) is 0 Å². The molecule has 2 nitrogen and oxygen atoms in total. The molecule has 1 N–H and O–H groups in total. The smallest absolute Gasteiger partial charge is 0.178 e. The van der Waals surface area contributed by atoms with E-state index in [2.05, 4.69) is 18.4 Å². The molecule has 4 heteroatoms. The summed E-state index contributed by atoms with van der Waals surface area (Å²) in [5.74, 6) is 0.0615. The maximum absolute atomic E-state index is 9.84. The van der Waals surface area contributed by atoms with Gasteiger partial charge in [-0.15, -0.1) is 0 Å². The number of pyridine rings is 1. The number of phenolic OH excluding ortho intramolecular Hbond substituents is 1. The number of aromatic hydroxyl groups is 1. The van der Waals surface area contributed by atoms with Gasteiger partial charge in [-0.05, 0) is 20.8 Å². The van der Waals surface area contributed by atoms with Crippen molar-refractivity contribution >= 4 is 34.0 Å². The van der Waals surface area contributed by atoms with Gasteiger partial charge in [0, 0.05) is 17.0 Å². The summed E-state index contributed by atoms with van der Waals surface area (Å²) in [6.45, 7) is 5.94. The number of fused-ring (bicyclic) bond motifs is 1. The molecule has 17 heavy (non-hydrogen) atoms. The molecule has 1 heterocycles. The van der Waals surface area contributed by atoms with Crippen LogP contribution in [0.2, 0.25) is 10.0 Å². The van der Waals surface area contributed by atoms with Crippen LogP contribution < -0.4 is 4.57 Å². The van der Waals surface area contributed by atoms with Crippen LogP contribution in [-0.4, -0.2) is 5.11 Å². The van der Waals surface area contributed by atoms with Crippen LogP contribution in [0.1, 0.15) is 25.5 Å². The zero-order chi connectivity index (χ0) is 12.7. The normalized spacial score (nSPS) is 11.4. The SMILES string of the molecule is Cc1c(O)c(Cl)c2cc[n+](C(C)C)cc2c1Cl. The first-order valence-corrected chi connectivity index (χ1v) is 6.20. The lowest BCUT2D eigenvalue weighted by Gasteiger charge is -2.09. The largest absolute Gasteiger partial charge is 0.506 e. The molecule has 0 saturated carbocycles. The van der Waals surface area contributed by atoms with E-state index in [0.717, 1.165) is 10.8 Å². The molecule has 0 unspecified atom stereocenters. The van der Waals surface area contributed by atoms with Gasteiger partial charge < -0.3 is 5.11 Å². The Hall–Kier alpha value is -0.990. The van der Waals surface area contributed by atoms with Gasteiger partial charge in [-0.25, -0.2) is 4.57 Å². The van der Waals surface area contributed by atoms with Crippen molar-refractivity contribution in [3.8, 4) is 5.75 Å². The molecule has 1 aromatic heterocycles. The number of hydrogen-bond donors (Lipinski definition) is 1. The van der Waals surface area contributed by atoms with E-state index in [0.29, 0.717) is 21.7 Å². The number of aromatic nitrogens is 1. The van der Waals surface area contributed by atoms with Crippen LogP contribution >= 0.6 is 23.2 Å². The first-order valence-electron chi connectivity index (χ1n) is 5.44. The minimum atomic E-state index is 0.0615. The predicted octanol–water partition coefficient (Wildman–Crippen LogP) is 4.03. The lowest BCUT2D eigenvalue weighted by atomic mass is 10.1. The molecule has 0 aliphatic rings. The number of halogens is 2. The molecule has 0 amide bonds. The summed E-state index contributed by atoms with van der Waals surface area (Å²) in [4.78, 5) is 0. The highest BCUT2D eigenvalue weighted by atomic mass is 35.5. The monoisotopic (exact) mass is 270 g/mol. The van der Waals surface area contributed by atoms with Gasteiger partial charge in [0.15, 0.2) is 18.4 Å². The van der Waals surface area contributed by atoms with Crippen molar-refractivity contribution < 1.29 is 9.67 Å². The zero-order valence-electron chi connectivity index (χ0n) is 9.96. The first-order chi connectivity index (χ1) is 7.93. The van der Waals surface area contributed by atoms with Crippen LogP contribution in [0.3, 0.4) is 0 Å². The van der Waals surface area contributed by atoms with E-state index in [1.165, 1.54) is 0 Å². The van der Waals surface area contributed by atoms with Crippen molar-refractivity contribution in [2.24, 2.45) is 0 Å². The molecule has 0 aliphatic heterocycles. The Balaban J connectivity index is 2.87. The van der Waals surface area contributed by atoms with E-state index in [9.17, 15) is 5.11 Å². The second-order valence-corrected chi connectivity index (χ2v) is 5.17. The minimum Gasteiger partial charge on any atom is -0.506 e. The minimum absolute atomic E-state index is 0.0615. The number of phenols is 1. The van der Waals surface area contributed by atoms with Crippen LogP contribution in [0.5, 0.6) is 5.75 Å². The highest BCUT2D eigenvalue weighted by molar-refractivity contribution is 6.42. The van der Waals surface area contributed by atoms with Gasteiger partial charge in [-0.1, -0.05) is 23.2 Å². The predicted molar refractivity (Wildman–Crippen MR) is 70.9 cm³/mol. The molecule has 2 rings (SSSR count). The average molecular weight is 271 g/mol. The van der Waals surface area contributed by atoms with Gasteiger partial charge in [0.1, 0.15) is 5.75 Å². The van der Waals surface area contributed by atoms with Gasteiger partial charge in [-0.2, -0.15) is 0 Å². The van der Waals surface area contributed by atoms with Crippen LogP contribution in [0, 0.1) is 6.92 Å². The van der Waals surface area contributed by atoms with E-state index < -0.39 is 0 Å². The second kappa shape index (κ2) is 4.35. The molecule has 90 valence electrons. The Morgan fingerprint density at radius 1 is 1.18 bits per heavy atom. The van der Waals surface area contributed by atoms with Crippen molar-refractivity contribution in [3.63, 3.8) is 0 Å². The van der Waals surface area contributed by atoms with E-state index in [4.69, 9.17) is 23.2 Å². The fourth-order valence-corrected chi connectivity index (χ4v) is 2.34. The summed E-state index contributed by atoms with van der Waals surface area (Å²) in [7, 11) is 0. The quantitative estimate of drug-likeness (QED) is 0.778. The standard InChI is InChI=1S/C13H13Cl2NO/c1-7(2)16-5-4-9-10(6-16)11(14)8(3)13(17)12(9)15/h4-7H,1-3H3/p+1. The number of rotatable bonds is 1. The van der Waals surface area contributed by atoms with Crippen LogP contribution in [0.4, 0.5) is 0 Å². The van der Waals surface area contributed by atoms with Crippen molar-refractivity contribution in [2.75, 3.05) is 0 Å². The highest BCUT2D eigenvalue weighted by Crippen LogP contribution is 2.40. The molecular weight excluding hydrogens is 257 g/mol. The number of hydrogen-bond acceptors (Lipinski definition) is 1. The summed E-state index contributed by atoms with van der Waals surface area (Å²) in [5, 5.41) is 12.4. The number of benzene rings is 1. The zero-order valence-corrected chi connectivity index (χ0v) is 11.5. The summed E-state index contributed by atoms with van der Waals surface area (Å²) in [6.07, 6.45) is 3.89. The second-order valence-electron chi connectivity index (χ2n) is 4.41. The van der Waals surface area contributed by atoms with Crippen molar-refractivity contribution in [1.29, 1.82) is 0 Å². The Morgan fingerprint density at radius 2 is 1.82 bits per heavy atom. The lowest BCUT2D eigenvalue weighted by Crippen LogP contribution is -2.34. The topological polar surface area (TPSA) is 24.1 Å². The average Bonchev–Trinajstić information content (AvgIpc) is 2.32. The molecule has 0 spiro atoms. The molecule has 0 bridgehead atoms.